The summed E-state index contributed by atoms with van der Waals surface area (Å²) in [6.45, 7) is 3.69. The summed E-state index contributed by atoms with van der Waals surface area (Å²) in [5.41, 5.74) is 4.95. The molecule has 0 saturated carbocycles. The molecule has 0 aromatic heterocycles. The van der Waals surface area contributed by atoms with Crippen molar-refractivity contribution in [2.75, 3.05) is 0 Å². The third-order valence-electron chi connectivity index (χ3n) is 1.39. The first-order valence-corrected chi connectivity index (χ1v) is 4.14. The molecule has 4 heteroatoms. The van der Waals surface area contributed by atoms with Crippen LogP contribution in [0.2, 0.25) is 0 Å². The molecule has 12 heavy (non-hydrogen) atoms. The van der Waals surface area contributed by atoms with E-state index in [4.69, 9.17) is 5.73 Å². The molecule has 2 amide bonds. The highest BCUT2D eigenvalue weighted by molar-refractivity contribution is 5.78. The van der Waals surface area contributed by atoms with Gasteiger partial charge in [0.05, 0.1) is 0 Å². The zero-order valence-electron chi connectivity index (χ0n) is 7.59. The lowest BCUT2D eigenvalue weighted by molar-refractivity contribution is -0.122. The molecule has 1 atom stereocenters. The molecule has 0 rings (SSSR count). The molecule has 0 aliphatic heterocycles. The largest absolute Gasteiger partial charge is 0.370 e. The molecule has 0 heterocycles. The molecule has 0 radical (unpaired) electrons. The summed E-state index contributed by atoms with van der Waals surface area (Å²) in [5, 5.41) is 2.67. The van der Waals surface area contributed by atoms with E-state index in [0.29, 0.717) is 6.42 Å². The number of carbonyl (C=O) groups excluding carboxylic acids is 2. The van der Waals surface area contributed by atoms with Crippen molar-refractivity contribution in [3.8, 4) is 0 Å². The molecule has 0 aliphatic rings. The number of hydrogen-bond acceptors (Lipinski definition) is 2. The number of rotatable bonds is 5. The summed E-state index contributed by atoms with van der Waals surface area (Å²) in [4.78, 5) is 21.4. The minimum Gasteiger partial charge on any atom is -0.370 e. The second kappa shape index (κ2) is 5.57. The Hall–Kier alpha value is -1.06. The molecule has 0 saturated heterocycles. The zero-order valence-corrected chi connectivity index (χ0v) is 7.59. The lowest BCUT2D eigenvalue weighted by Crippen LogP contribution is -2.35. The van der Waals surface area contributed by atoms with E-state index >= 15 is 0 Å². The van der Waals surface area contributed by atoms with E-state index in [0.717, 1.165) is 6.42 Å². The van der Waals surface area contributed by atoms with Gasteiger partial charge in [-0.3, -0.25) is 9.59 Å². The fourth-order valence-corrected chi connectivity index (χ4v) is 0.927. The van der Waals surface area contributed by atoms with E-state index in [1.807, 2.05) is 6.92 Å². The van der Waals surface area contributed by atoms with E-state index < -0.39 is 0 Å². The summed E-state index contributed by atoms with van der Waals surface area (Å²) < 4.78 is 0. The number of nitrogens with two attached hydrogens (primary N) is 1. The average Bonchev–Trinajstić information content (AvgIpc) is 1.84. The fourth-order valence-electron chi connectivity index (χ4n) is 0.927. The molecule has 0 aromatic rings. The number of primary amides is 1. The van der Waals surface area contributed by atoms with Crippen LogP contribution >= 0.6 is 0 Å². The van der Waals surface area contributed by atoms with Crippen molar-refractivity contribution < 1.29 is 9.59 Å². The Morgan fingerprint density at radius 3 is 2.50 bits per heavy atom. The van der Waals surface area contributed by atoms with Crippen LogP contribution in [0.25, 0.3) is 0 Å². The van der Waals surface area contributed by atoms with Gasteiger partial charge in [0.25, 0.3) is 0 Å². The first-order valence-electron chi connectivity index (χ1n) is 4.14. The van der Waals surface area contributed by atoms with Crippen LogP contribution in [0.3, 0.4) is 0 Å². The molecule has 0 aromatic carbocycles. The van der Waals surface area contributed by atoms with E-state index in [1.165, 1.54) is 0 Å². The summed E-state index contributed by atoms with van der Waals surface area (Å²) >= 11 is 0. The van der Waals surface area contributed by atoms with Crippen LogP contribution in [0.5, 0.6) is 0 Å². The Kier molecular flexibility index (Phi) is 5.08. The van der Waals surface area contributed by atoms with Gasteiger partial charge < -0.3 is 11.1 Å². The zero-order chi connectivity index (χ0) is 9.56. The van der Waals surface area contributed by atoms with E-state index in [9.17, 15) is 9.59 Å². The minimum atomic E-state index is -0.390. The van der Waals surface area contributed by atoms with Crippen LogP contribution in [-0.4, -0.2) is 17.9 Å². The first kappa shape index (κ1) is 10.9. The highest BCUT2D eigenvalue weighted by Crippen LogP contribution is 1.92. The molecule has 1 unspecified atom stereocenters. The van der Waals surface area contributed by atoms with Crippen molar-refractivity contribution in [1.82, 2.24) is 5.32 Å². The van der Waals surface area contributed by atoms with Crippen LogP contribution < -0.4 is 11.1 Å². The number of carbonyl (C=O) groups is 2. The predicted molar refractivity (Wildman–Crippen MR) is 46.3 cm³/mol. The molecule has 0 spiro atoms. The highest BCUT2D eigenvalue weighted by atomic mass is 16.2. The molecular weight excluding hydrogens is 156 g/mol. The normalized spacial score (nSPS) is 12.2. The van der Waals surface area contributed by atoms with Crippen molar-refractivity contribution in [3.63, 3.8) is 0 Å². The van der Waals surface area contributed by atoms with Gasteiger partial charge in [-0.25, -0.2) is 0 Å². The summed E-state index contributed by atoms with van der Waals surface area (Å²) in [6, 6.07) is -0.151. The van der Waals surface area contributed by atoms with Gasteiger partial charge in [0.2, 0.25) is 11.8 Å². The predicted octanol–water partition coefficient (Wildman–Crippen LogP) is 0.167. The summed E-state index contributed by atoms with van der Waals surface area (Å²) in [5.74, 6) is -0.412. The van der Waals surface area contributed by atoms with Crippen LogP contribution in [0.4, 0.5) is 0 Å². The monoisotopic (exact) mass is 172 g/mol. The Bertz CT molecular complexity index is 168. The van der Waals surface area contributed by atoms with E-state index in [-0.39, 0.29) is 24.3 Å². The van der Waals surface area contributed by atoms with Gasteiger partial charge in [-0.1, -0.05) is 6.92 Å². The smallest absolute Gasteiger partial charge is 0.220 e. The molecular formula is C8H16N2O2. The van der Waals surface area contributed by atoms with E-state index in [2.05, 4.69) is 5.32 Å². The second-order valence-electron chi connectivity index (χ2n) is 2.89. The summed E-state index contributed by atoms with van der Waals surface area (Å²) in [6.07, 6.45) is 1.52. The fraction of sp³-hybridized carbons (Fsp3) is 0.750. The van der Waals surface area contributed by atoms with Gasteiger partial charge in [-0.15, -0.1) is 0 Å². The summed E-state index contributed by atoms with van der Waals surface area (Å²) in [7, 11) is 0. The van der Waals surface area contributed by atoms with Gasteiger partial charge in [0.1, 0.15) is 0 Å². The quantitative estimate of drug-likeness (QED) is 0.620. The maximum atomic E-state index is 11.0. The molecule has 70 valence electrons. The van der Waals surface area contributed by atoms with Gasteiger partial charge in [0.15, 0.2) is 0 Å². The standard InChI is InChI=1S/C8H16N2O2/c1-3-4-8(12)10-6(2)5-7(9)11/h6H,3-5H2,1-2H3,(H2,9,11)(H,10,12). The van der Waals surface area contributed by atoms with Gasteiger partial charge in [0, 0.05) is 18.9 Å². The Balaban J connectivity index is 3.61. The Labute approximate surface area is 72.5 Å². The van der Waals surface area contributed by atoms with Crippen molar-refractivity contribution in [2.24, 2.45) is 5.73 Å². The lowest BCUT2D eigenvalue weighted by Gasteiger charge is -2.10. The lowest BCUT2D eigenvalue weighted by atomic mass is 10.2. The highest BCUT2D eigenvalue weighted by Gasteiger charge is 2.08. The molecule has 0 fully saturated rings. The minimum absolute atomic E-state index is 0.0220. The molecule has 3 N–H and O–H groups in total. The van der Waals surface area contributed by atoms with E-state index in [1.54, 1.807) is 6.92 Å². The number of nitrogens with one attached hydrogen (secondary N) is 1. The first-order chi connectivity index (χ1) is 5.56. The van der Waals surface area contributed by atoms with Crippen LogP contribution in [0.1, 0.15) is 33.1 Å². The second-order valence-corrected chi connectivity index (χ2v) is 2.89. The van der Waals surface area contributed by atoms with Crippen molar-refractivity contribution >= 4 is 11.8 Å². The van der Waals surface area contributed by atoms with Crippen LogP contribution in [-0.2, 0) is 9.59 Å². The third kappa shape index (κ3) is 5.70. The SMILES string of the molecule is CCCC(=O)NC(C)CC(N)=O. The van der Waals surface area contributed by atoms with Crippen LogP contribution in [0, 0.1) is 0 Å². The molecule has 0 bridgehead atoms. The topological polar surface area (TPSA) is 72.2 Å². The molecule has 0 aliphatic carbocycles. The van der Waals surface area contributed by atoms with Crippen molar-refractivity contribution in [2.45, 2.75) is 39.2 Å². The number of hydrogen-bond donors (Lipinski definition) is 2. The van der Waals surface area contributed by atoms with Crippen molar-refractivity contribution in [3.05, 3.63) is 0 Å². The maximum Gasteiger partial charge on any atom is 0.220 e. The van der Waals surface area contributed by atoms with Crippen molar-refractivity contribution in [1.29, 1.82) is 0 Å². The van der Waals surface area contributed by atoms with Gasteiger partial charge in [-0.05, 0) is 13.3 Å². The van der Waals surface area contributed by atoms with Gasteiger partial charge >= 0.3 is 0 Å². The Morgan fingerprint density at radius 1 is 1.50 bits per heavy atom. The third-order valence-corrected chi connectivity index (χ3v) is 1.39. The maximum absolute atomic E-state index is 11.0. The molecule has 4 nitrogen and oxygen atoms in total. The number of amides is 2. The Morgan fingerprint density at radius 2 is 2.08 bits per heavy atom. The van der Waals surface area contributed by atoms with Crippen LogP contribution in [0.15, 0.2) is 0 Å². The average molecular weight is 172 g/mol. The van der Waals surface area contributed by atoms with Gasteiger partial charge in [-0.2, -0.15) is 0 Å².